The van der Waals surface area contributed by atoms with Crippen molar-refractivity contribution in [3.8, 4) is 0 Å². The largest absolute Gasteiger partial charge is 0.372 e. The topological polar surface area (TPSA) is 112 Å². The molecule has 0 aromatic heterocycles. The first-order valence-corrected chi connectivity index (χ1v) is 1.35. The third-order valence-electron chi connectivity index (χ3n) is 0. The molecule has 0 aliphatic carbocycles. The van der Waals surface area contributed by atoms with Gasteiger partial charge < -0.3 is 17.2 Å². The molecule has 3 amide bonds. The van der Waals surface area contributed by atoms with Gasteiger partial charge in [0.2, 0.25) is 6.41 Å². The normalized spacial score (nSPS) is 5.14. The van der Waals surface area contributed by atoms with Crippen LogP contribution >= 0.6 is 0 Å². The van der Waals surface area contributed by atoms with Crippen molar-refractivity contribution in [1.82, 2.24) is 0 Å². The number of rotatable bonds is 0. The second-order valence-electron chi connectivity index (χ2n) is 0.538. The highest BCUT2D eigenvalue weighted by Gasteiger charge is 1.60. The molecule has 0 unspecified atom stereocenters. The quantitative estimate of drug-likeness (QED) is 0.313. The second kappa shape index (κ2) is 8.83. The van der Waals surface area contributed by atoms with Crippen molar-refractivity contribution in [2.24, 2.45) is 17.2 Å². The van der Waals surface area contributed by atoms with Gasteiger partial charge in [0.05, 0.1) is 0 Å². The SMILES string of the molecule is NC(N)=O.NC=O. The summed E-state index contributed by atoms with van der Waals surface area (Å²) in [5.74, 6) is 0. The van der Waals surface area contributed by atoms with Crippen molar-refractivity contribution in [2.45, 2.75) is 0 Å². The number of urea groups is 1. The minimum atomic E-state index is -0.833. The fourth-order valence-electron chi connectivity index (χ4n) is 0. The molecule has 0 aliphatic heterocycles. The molecule has 5 nitrogen and oxygen atoms in total. The molecule has 0 aliphatic rings. The van der Waals surface area contributed by atoms with E-state index < -0.39 is 6.03 Å². The Morgan fingerprint density at radius 2 is 1.43 bits per heavy atom. The van der Waals surface area contributed by atoms with Crippen LogP contribution in [0.25, 0.3) is 0 Å². The van der Waals surface area contributed by atoms with Crippen LogP contribution in [-0.4, -0.2) is 12.4 Å². The van der Waals surface area contributed by atoms with Crippen LogP contribution in [0.5, 0.6) is 0 Å². The van der Waals surface area contributed by atoms with E-state index in [0.29, 0.717) is 0 Å². The Morgan fingerprint density at radius 1 is 1.43 bits per heavy atom. The fraction of sp³-hybridized carbons (Fsp3) is 0. The average molecular weight is 105 g/mol. The number of primary amides is 3. The van der Waals surface area contributed by atoms with Gasteiger partial charge in [0.25, 0.3) is 0 Å². The van der Waals surface area contributed by atoms with E-state index in [2.05, 4.69) is 17.2 Å². The molecule has 0 bridgehead atoms. The highest BCUT2D eigenvalue weighted by atomic mass is 16.2. The molecule has 0 aromatic rings. The number of carbonyl (C=O) groups excluding carboxylic acids is 2. The molecule has 0 radical (unpaired) electrons. The summed E-state index contributed by atoms with van der Waals surface area (Å²) in [6, 6.07) is -0.833. The maximum absolute atomic E-state index is 9.00. The molecule has 7 heavy (non-hydrogen) atoms. The van der Waals surface area contributed by atoms with Crippen LogP contribution in [-0.2, 0) is 4.79 Å². The zero-order valence-electron chi connectivity index (χ0n) is 3.63. The maximum atomic E-state index is 9.00. The smallest absolute Gasteiger partial charge is 0.309 e. The number of carbonyl (C=O) groups is 2. The van der Waals surface area contributed by atoms with Crippen molar-refractivity contribution in [3.63, 3.8) is 0 Å². The van der Waals surface area contributed by atoms with Gasteiger partial charge in [-0.25, -0.2) is 4.79 Å². The molecule has 0 spiro atoms. The van der Waals surface area contributed by atoms with E-state index in [-0.39, 0.29) is 6.41 Å². The van der Waals surface area contributed by atoms with Crippen molar-refractivity contribution >= 4 is 12.4 Å². The highest BCUT2D eigenvalue weighted by molar-refractivity contribution is 5.69. The third kappa shape index (κ3) is 22.4. The summed E-state index contributed by atoms with van der Waals surface area (Å²) < 4.78 is 0. The summed E-state index contributed by atoms with van der Waals surface area (Å²) in [6.45, 7) is 0. The lowest BCUT2D eigenvalue weighted by Crippen LogP contribution is -2.18. The molecule has 0 saturated heterocycles. The van der Waals surface area contributed by atoms with Crippen molar-refractivity contribution in [1.29, 1.82) is 0 Å². The summed E-state index contributed by atoms with van der Waals surface area (Å²) in [5, 5.41) is 0. The molecular weight excluding hydrogens is 98.0 g/mol. The number of hydrogen-bond donors (Lipinski definition) is 3. The molecule has 5 heteroatoms. The van der Waals surface area contributed by atoms with E-state index >= 15 is 0 Å². The summed E-state index contributed by atoms with van der Waals surface area (Å²) in [4.78, 5) is 17.6. The Bertz CT molecular complexity index is 58.0. The molecule has 0 heterocycles. The van der Waals surface area contributed by atoms with Gasteiger partial charge in [-0.3, -0.25) is 4.79 Å². The van der Waals surface area contributed by atoms with Gasteiger partial charge in [-0.05, 0) is 0 Å². The zero-order valence-corrected chi connectivity index (χ0v) is 3.63. The molecular formula is C2H7N3O2. The highest BCUT2D eigenvalue weighted by Crippen LogP contribution is 1.25. The summed E-state index contributed by atoms with van der Waals surface area (Å²) >= 11 is 0. The Morgan fingerprint density at radius 3 is 1.43 bits per heavy atom. The zero-order chi connectivity index (χ0) is 6.28. The van der Waals surface area contributed by atoms with E-state index in [1.807, 2.05) is 0 Å². The Kier molecular flexibility index (Phi) is 11.6. The standard InChI is InChI=1S/CH4N2O.CH3NO/c2-1(3)4;2-1-3/h(H4,2,3,4);1H,(H2,2,3). The van der Waals surface area contributed by atoms with Crippen LogP contribution in [0, 0.1) is 0 Å². The molecule has 0 fully saturated rings. The lowest BCUT2D eigenvalue weighted by atomic mass is 11.2. The third-order valence-corrected chi connectivity index (χ3v) is 0. The Labute approximate surface area is 40.5 Å². The molecule has 0 saturated carbocycles. The van der Waals surface area contributed by atoms with Crippen LogP contribution in [0.4, 0.5) is 4.79 Å². The molecule has 6 N–H and O–H groups in total. The van der Waals surface area contributed by atoms with E-state index in [1.54, 1.807) is 0 Å². The first kappa shape index (κ1) is 9.22. The van der Waals surface area contributed by atoms with E-state index in [4.69, 9.17) is 9.59 Å². The lowest BCUT2D eigenvalue weighted by molar-refractivity contribution is -0.106. The minimum absolute atomic E-state index is 0.250. The van der Waals surface area contributed by atoms with Crippen molar-refractivity contribution < 1.29 is 9.59 Å². The predicted molar refractivity (Wildman–Crippen MR) is 24.0 cm³/mol. The minimum Gasteiger partial charge on any atom is -0.372 e. The second-order valence-corrected chi connectivity index (χ2v) is 0.538. The molecule has 0 aromatic carbocycles. The monoisotopic (exact) mass is 105 g/mol. The number of hydrogen-bond acceptors (Lipinski definition) is 2. The number of nitrogens with two attached hydrogens (primary N) is 3. The van der Waals surface area contributed by atoms with Gasteiger partial charge in [-0.1, -0.05) is 0 Å². The molecule has 42 valence electrons. The number of amides is 3. The van der Waals surface area contributed by atoms with Crippen LogP contribution in [0.3, 0.4) is 0 Å². The molecule has 0 rings (SSSR count). The van der Waals surface area contributed by atoms with Crippen molar-refractivity contribution in [3.05, 3.63) is 0 Å². The van der Waals surface area contributed by atoms with Gasteiger partial charge in [-0.2, -0.15) is 0 Å². The van der Waals surface area contributed by atoms with Crippen LogP contribution in [0.1, 0.15) is 0 Å². The average Bonchev–Trinajstić information content (AvgIpc) is 1.33. The van der Waals surface area contributed by atoms with Crippen LogP contribution in [0.15, 0.2) is 0 Å². The summed E-state index contributed by atoms with van der Waals surface area (Å²) in [6.07, 6.45) is 0.250. The fourth-order valence-corrected chi connectivity index (χ4v) is 0. The maximum Gasteiger partial charge on any atom is 0.309 e. The Balaban J connectivity index is 0. The Hall–Kier alpha value is -1.26. The van der Waals surface area contributed by atoms with Crippen molar-refractivity contribution in [2.75, 3.05) is 0 Å². The summed E-state index contributed by atoms with van der Waals surface area (Å²) in [7, 11) is 0. The molecule has 0 atom stereocenters. The summed E-state index contributed by atoms with van der Waals surface area (Å²) in [5.41, 5.74) is 12.7. The first-order chi connectivity index (χ1) is 3.15. The van der Waals surface area contributed by atoms with Gasteiger partial charge in [-0.15, -0.1) is 0 Å². The van der Waals surface area contributed by atoms with Crippen LogP contribution in [0.2, 0.25) is 0 Å². The van der Waals surface area contributed by atoms with Gasteiger partial charge >= 0.3 is 6.03 Å². The van der Waals surface area contributed by atoms with E-state index in [1.165, 1.54) is 0 Å². The van der Waals surface area contributed by atoms with Gasteiger partial charge in [0.1, 0.15) is 0 Å². The van der Waals surface area contributed by atoms with Gasteiger partial charge in [0.15, 0.2) is 0 Å². The van der Waals surface area contributed by atoms with E-state index in [9.17, 15) is 0 Å². The first-order valence-electron chi connectivity index (χ1n) is 1.35. The van der Waals surface area contributed by atoms with E-state index in [0.717, 1.165) is 0 Å². The lowest BCUT2D eigenvalue weighted by Gasteiger charge is -1.62. The van der Waals surface area contributed by atoms with Gasteiger partial charge in [0, 0.05) is 0 Å². The van der Waals surface area contributed by atoms with Crippen LogP contribution < -0.4 is 17.2 Å². The predicted octanol–water partition coefficient (Wildman–Crippen LogP) is -1.87.